The number of unbranched alkanes of at least 4 members (excludes halogenated alkanes) is 1. The predicted molar refractivity (Wildman–Crippen MR) is 117 cm³/mol. The van der Waals surface area contributed by atoms with Crippen LogP contribution in [0.1, 0.15) is 19.8 Å². The molecular formula is C23H21N3S. The Bertz CT molecular complexity index is 1200. The Morgan fingerprint density at radius 2 is 1.59 bits per heavy atom. The summed E-state index contributed by atoms with van der Waals surface area (Å²) in [6, 6.07) is 23.7. The zero-order valence-corrected chi connectivity index (χ0v) is 16.1. The SMILES string of the molecule is CCCCNc1nc2c(-n3c4ccccc4c4ccccc43)cccc2s1. The molecule has 0 aliphatic heterocycles. The number of anilines is 1. The Morgan fingerprint density at radius 3 is 2.30 bits per heavy atom. The maximum absolute atomic E-state index is 4.94. The number of nitrogens with zero attached hydrogens (tertiary/aromatic N) is 2. The lowest BCUT2D eigenvalue weighted by Gasteiger charge is -2.08. The normalized spacial score (nSPS) is 11.6. The van der Waals surface area contributed by atoms with Gasteiger partial charge in [0, 0.05) is 17.3 Å². The highest BCUT2D eigenvalue weighted by molar-refractivity contribution is 7.22. The van der Waals surface area contributed by atoms with Gasteiger partial charge in [0.05, 0.1) is 21.4 Å². The maximum Gasteiger partial charge on any atom is 0.183 e. The van der Waals surface area contributed by atoms with Crippen LogP contribution in [0, 0.1) is 0 Å². The van der Waals surface area contributed by atoms with Gasteiger partial charge in [0.1, 0.15) is 5.52 Å². The fourth-order valence-electron chi connectivity index (χ4n) is 3.74. The molecule has 4 heteroatoms. The molecule has 2 heterocycles. The van der Waals surface area contributed by atoms with E-state index in [1.807, 2.05) is 0 Å². The molecule has 1 N–H and O–H groups in total. The molecule has 5 aromatic rings. The molecule has 0 spiro atoms. The summed E-state index contributed by atoms with van der Waals surface area (Å²) in [7, 11) is 0. The number of hydrogen-bond donors (Lipinski definition) is 1. The van der Waals surface area contributed by atoms with Gasteiger partial charge in [-0.3, -0.25) is 0 Å². The third-order valence-electron chi connectivity index (χ3n) is 5.03. The Labute approximate surface area is 162 Å². The molecule has 27 heavy (non-hydrogen) atoms. The Hall–Kier alpha value is -2.85. The summed E-state index contributed by atoms with van der Waals surface area (Å²) in [6.07, 6.45) is 2.35. The van der Waals surface area contributed by atoms with Crippen LogP contribution in [-0.4, -0.2) is 16.1 Å². The molecule has 0 atom stereocenters. The molecule has 0 saturated carbocycles. The van der Waals surface area contributed by atoms with Gasteiger partial charge in [-0.25, -0.2) is 4.98 Å². The average Bonchev–Trinajstić information content (AvgIpc) is 3.27. The fourth-order valence-corrected chi connectivity index (χ4v) is 4.66. The maximum atomic E-state index is 4.94. The number of fused-ring (bicyclic) bond motifs is 4. The van der Waals surface area contributed by atoms with Gasteiger partial charge in [0.2, 0.25) is 0 Å². The number of para-hydroxylation sites is 3. The van der Waals surface area contributed by atoms with Crippen LogP contribution < -0.4 is 5.32 Å². The molecule has 0 bridgehead atoms. The molecule has 0 fully saturated rings. The van der Waals surface area contributed by atoms with Crippen LogP contribution in [0.5, 0.6) is 0 Å². The molecule has 5 rings (SSSR count). The zero-order valence-electron chi connectivity index (χ0n) is 15.3. The molecule has 0 amide bonds. The van der Waals surface area contributed by atoms with E-state index in [1.54, 1.807) is 11.3 Å². The summed E-state index contributed by atoms with van der Waals surface area (Å²) in [6.45, 7) is 3.18. The molecule has 0 saturated heterocycles. The van der Waals surface area contributed by atoms with Crippen LogP contribution in [0.25, 0.3) is 37.7 Å². The number of benzene rings is 3. The third-order valence-corrected chi connectivity index (χ3v) is 6.00. The van der Waals surface area contributed by atoms with Crippen molar-refractivity contribution in [1.82, 2.24) is 9.55 Å². The van der Waals surface area contributed by atoms with Crippen LogP contribution in [-0.2, 0) is 0 Å². The van der Waals surface area contributed by atoms with Gasteiger partial charge < -0.3 is 9.88 Å². The van der Waals surface area contributed by atoms with E-state index in [9.17, 15) is 0 Å². The third kappa shape index (κ3) is 2.68. The van der Waals surface area contributed by atoms with Gasteiger partial charge in [-0.1, -0.05) is 67.1 Å². The summed E-state index contributed by atoms with van der Waals surface area (Å²) in [5, 5.41) is 7.04. The number of aromatic nitrogens is 2. The first-order valence-corrected chi connectivity index (χ1v) is 10.3. The van der Waals surface area contributed by atoms with E-state index in [4.69, 9.17) is 4.98 Å². The second-order valence-corrected chi connectivity index (χ2v) is 7.82. The van der Waals surface area contributed by atoms with Crippen molar-refractivity contribution >= 4 is 48.5 Å². The first-order valence-electron chi connectivity index (χ1n) is 9.49. The van der Waals surface area contributed by atoms with Crippen molar-refractivity contribution in [2.45, 2.75) is 19.8 Å². The highest BCUT2D eigenvalue weighted by atomic mass is 32.1. The Morgan fingerprint density at radius 1 is 0.889 bits per heavy atom. The highest BCUT2D eigenvalue weighted by Crippen LogP contribution is 2.36. The largest absolute Gasteiger partial charge is 0.361 e. The minimum absolute atomic E-state index is 0.973. The van der Waals surface area contributed by atoms with Crippen molar-refractivity contribution in [3.63, 3.8) is 0 Å². The van der Waals surface area contributed by atoms with Crippen LogP contribution in [0.4, 0.5) is 5.13 Å². The van der Waals surface area contributed by atoms with Gasteiger partial charge in [-0.15, -0.1) is 0 Å². The molecular weight excluding hydrogens is 350 g/mol. The molecule has 0 aliphatic rings. The van der Waals surface area contributed by atoms with Crippen LogP contribution in [0.3, 0.4) is 0 Å². The van der Waals surface area contributed by atoms with E-state index in [2.05, 4.69) is 83.5 Å². The minimum atomic E-state index is 0.973. The van der Waals surface area contributed by atoms with E-state index in [0.717, 1.165) is 29.3 Å². The molecule has 0 unspecified atom stereocenters. The highest BCUT2D eigenvalue weighted by Gasteiger charge is 2.15. The molecule has 2 aromatic heterocycles. The van der Waals surface area contributed by atoms with E-state index < -0.39 is 0 Å². The molecule has 0 aliphatic carbocycles. The van der Waals surface area contributed by atoms with Crippen molar-refractivity contribution in [2.24, 2.45) is 0 Å². The Kier molecular flexibility index (Phi) is 4.06. The van der Waals surface area contributed by atoms with Gasteiger partial charge >= 0.3 is 0 Å². The van der Waals surface area contributed by atoms with Gasteiger partial charge in [0.25, 0.3) is 0 Å². The second kappa shape index (κ2) is 6.71. The molecule has 0 radical (unpaired) electrons. The van der Waals surface area contributed by atoms with Crippen molar-refractivity contribution in [1.29, 1.82) is 0 Å². The molecule has 3 aromatic carbocycles. The van der Waals surface area contributed by atoms with Crippen molar-refractivity contribution in [3.05, 3.63) is 66.7 Å². The lowest BCUT2D eigenvalue weighted by atomic mass is 10.2. The van der Waals surface area contributed by atoms with Crippen molar-refractivity contribution in [3.8, 4) is 5.69 Å². The van der Waals surface area contributed by atoms with E-state index >= 15 is 0 Å². The summed E-state index contributed by atoms with van der Waals surface area (Å²) < 4.78 is 3.57. The van der Waals surface area contributed by atoms with E-state index in [0.29, 0.717) is 0 Å². The number of nitrogens with one attached hydrogen (secondary N) is 1. The first-order chi connectivity index (χ1) is 13.4. The van der Waals surface area contributed by atoms with Crippen LogP contribution >= 0.6 is 11.3 Å². The van der Waals surface area contributed by atoms with E-state index in [-0.39, 0.29) is 0 Å². The molecule has 3 nitrogen and oxygen atoms in total. The van der Waals surface area contributed by atoms with Crippen LogP contribution in [0.15, 0.2) is 66.7 Å². The van der Waals surface area contributed by atoms with E-state index in [1.165, 1.54) is 32.9 Å². The van der Waals surface area contributed by atoms with Gasteiger partial charge in [-0.2, -0.15) is 0 Å². The van der Waals surface area contributed by atoms with Crippen molar-refractivity contribution in [2.75, 3.05) is 11.9 Å². The molecule has 134 valence electrons. The second-order valence-electron chi connectivity index (χ2n) is 6.79. The predicted octanol–water partition coefficient (Wildman–Crippen LogP) is 6.61. The minimum Gasteiger partial charge on any atom is -0.361 e. The van der Waals surface area contributed by atoms with Crippen molar-refractivity contribution < 1.29 is 0 Å². The smallest absolute Gasteiger partial charge is 0.183 e. The Balaban J connectivity index is 1.76. The number of hydrogen-bond acceptors (Lipinski definition) is 3. The zero-order chi connectivity index (χ0) is 18.2. The quantitative estimate of drug-likeness (QED) is 0.352. The van der Waals surface area contributed by atoms with Gasteiger partial charge in [0.15, 0.2) is 5.13 Å². The average molecular weight is 372 g/mol. The summed E-state index contributed by atoms with van der Waals surface area (Å²) >= 11 is 1.73. The monoisotopic (exact) mass is 371 g/mol. The standard InChI is InChI=1S/C23H21N3S/c1-2-3-15-24-23-25-22-20(13-8-14-21(22)27-23)26-18-11-6-4-9-16(18)17-10-5-7-12-19(17)26/h4-14H,2-3,15H2,1H3,(H,24,25). The fraction of sp³-hybridized carbons (Fsp3) is 0.174. The summed E-state index contributed by atoms with van der Waals surface area (Å²) in [5.41, 5.74) is 4.65. The lowest BCUT2D eigenvalue weighted by Crippen LogP contribution is -2.00. The van der Waals surface area contributed by atoms with Crippen LogP contribution in [0.2, 0.25) is 0 Å². The lowest BCUT2D eigenvalue weighted by molar-refractivity contribution is 0.833. The first kappa shape index (κ1) is 16.3. The number of thiazole rings is 1. The van der Waals surface area contributed by atoms with Gasteiger partial charge in [-0.05, 0) is 30.7 Å². The number of rotatable bonds is 5. The summed E-state index contributed by atoms with van der Waals surface area (Å²) in [5.74, 6) is 0. The topological polar surface area (TPSA) is 29.9 Å². The summed E-state index contributed by atoms with van der Waals surface area (Å²) in [4.78, 5) is 4.94.